The van der Waals surface area contributed by atoms with E-state index >= 15 is 0 Å². The van der Waals surface area contributed by atoms with Gasteiger partial charge in [0, 0.05) is 29.7 Å². The molecule has 1 saturated heterocycles. The van der Waals surface area contributed by atoms with Crippen molar-refractivity contribution in [2.24, 2.45) is 5.92 Å². The number of piperidine rings is 1. The maximum absolute atomic E-state index is 13.8. The van der Waals surface area contributed by atoms with Gasteiger partial charge < -0.3 is 5.32 Å². The number of rotatable bonds is 7. The Kier molecular flexibility index (Phi) is 7.93. The third-order valence-corrected chi connectivity index (χ3v) is 8.78. The predicted molar refractivity (Wildman–Crippen MR) is 157 cm³/mol. The molecule has 2 unspecified atom stereocenters. The third kappa shape index (κ3) is 6.08. The Morgan fingerprint density at radius 2 is 1.78 bits per heavy atom. The lowest BCUT2D eigenvalue weighted by atomic mass is 9.78. The fraction of sp³-hybridized carbons (Fsp3) is 0.424. The molecule has 3 heterocycles. The molecule has 1 saturated carbocycles. The molecule has 214 valence electrons. The Bertz CT molecular complexity index is 1520. The fourth-order valence-electron chi connectivity index (χ4n) is 6.71. The largest absolute Gasteiger partial charge is 0.418 e. The highest BCUT2D eigenvalue weighted by molar-refractivity contribution is 5.92. The number of likely N-dealkylation sites (tertiary alicyclic amines) is 1. The molecule has 1 aliphatic carbocycles. The minimum atomic E-state index is -4.50. The number of benzene rings is 2. The van der Waals surface area contributed by atoms with Crippen LogP contribution in [0.4, 0.5) is 19.0 Å². The van der Waals surface area contributed by atoms with E-state index in [1.807, 2.05) is 18.2 Å². The first-order chi connectivity index (χ1) is 19.9. The summed E-state index contributed by atoms with van der Waals surface area (Å²) in [4.78, 5) is 16.6. The van der Waals surface area contributed by atoms with Crippen LogP contribution in [-0.4, -0.2) is 39.0 Å². The van der Waals surface area contributed by atoms with Crippen molar-refractivity contribution in [3.05, 3.63) is 83.3 Å². The number of aryl methyl sites for hydroxylation is 1. The number of halogens is 3. The molecule has 5 nitrogen and oxygen atoms in total. The Morgan fingerprint density at radius 1 is 0.951 bits per heavy atom. The van der Waals surface area contributed by atoms with E-state index < -0.39 is 11.7 Å². The SMILES string of the molecule is Cc1ccccc1CCNc1nc(CN2CCCC3CCCCC32)nc2cc(-c3ncccc3C(F)(F)F)ccc12. The van der Waals surface area contributed by atoms with Gasteiger partial charge in [-0.2, -0.15) is 13.2 Å². The second kappa shape index (κ2) is 11.8. The van der Waals surface area contributed by atoms with Gasteiger partial charge in [-0.1, -0.05) is 43.2 Å². The Balaban J connectivity index is 1.35. The van der Waals surface area contributed by atoms with Crippen molar-refractivity contribution in [3.63, 3.8) is 0 Å². The summed E-state index contributed by atoms with van der Waals surface area (Å²) in [6, 6.07) is 16.5. The predicted octanol–water partition coefficient (Wildman–Crippen LogP) is 7.83. The van der Waals surface area contributed by atoms with Crippen molar-refractivity contribution in [2.75, 3.05) is 18.4 Å². The molecule has 2 aromatic carbocycles. The van der Waals surface area contributed by atoms with Crippen LogP contribution in [-0.2, 0) is 19.1 Å². The highest BCUT2D eigenvalue weighted by Gasteiger charge is 2.35. The smallest absolute Gasteiger partial charge is 0.369 e. The number of fused-ring (bicyclic) bond motifs is 2. The maximum atomic E-state index is 13.8. The van der Waals surface area contributed by atoms with E-state index in [2.05, 4.69) is 34.3 Å². The molecular weight excluding hydrogens is 523 g/mol. The van der Waals surface area contributed by atoms with Crippen LogP contribution in [0.5, 0.6) is 0 Å². The molecule has 2 fully saturated rings. The zero-order chi connectivity index (χ0) is 28.4. The van der Waals surface area contributed by atoms with E-state index in [9.17, 15) is 13.2 Å². The summed E-state index contributed by atoms with van der Waals surface area (Å²) in [5.41, 5.74) is 2.70. The standard InChI is InChI=1S/C33H36F3N5/c1-22-8-2-3-9-23(22)16-18-38-32-26-15-14-25(31-27(33(34,35)36)12-6-17-37-31)20-28(26)39-30(40-32)21-41-19-7-11-24-10-4-5-13-29(24)41/h2-3,6,8-9,12,14-15,17,20,24,29H,4-5,7,10-11,13,16,18-19,21H2,1H3,(H,38,39,40). The summed E-state index contributed by atoms with van der Waals surface area (Å²) in [5, 5.41) is 4.32. The van der Waals surface area contributed by atoms with Gasteiger partial charge in [0.05, 0.1) is 23.3 Å². The van der Waals surface area contributed by atoms with Crippen molar-refractivity contribution in [1.82, 2.24) is 19.9 Å². The second-order valence-electron chi connectivity index (χ2n) is 11.4. The number of anilines is 1. The van der Waals surface area contributed by atoms with Crippen molar-refractivity contribution in [3.8, 4) is 11.3 Å². The summed E-state index contributed by atoms with van der Waals surface area (Å²) >= 11 is 0. The maximum Gasteiger partial charge on any atom is 0.418 e. The van der Waals surface area contributed by atoms with Crippen LogP contribution in [0.2, 0.25) is 0 Å². The molecule has 0 spiro atoms. The van der Waals surface area contributed by atoms with E-state index in [0.29, 0.717) is 36.0 Å². The van der Waals surface area contributed by atoms with E-state index in [0.717, 1.165) is 36.2 Å². The first kappa shape index (κ1) is 27.6. The second-order valence-corrected chi connectivity index (χ2v) is 11.4. The van der Waals surface area contributed by atoms with Crippen LogP contribution in [0, 0.1) is 12.8 Å². The van der Waals surface area contributed by atoms with E-state index in [1.54, 1.807) is 12.1 Å². The molecule has 2 aliphatic rings. The highest BCUT2D eigenvalue weighted by atomic mass is 19.4. The summed E-state index contributed by atoms with van der Waals surface area (Å²) in [7, 11) is 0. The van der Waals surface area contributed by atoms with Crippen molar-refractivity contribution < 1.29 is 13.2 Å². The zero-order valence-electron chi connectivity index (χ0n) is 23.4. The first-order valence-electron chi connectivity index (χ1n) is 14.7. The van der Waals surface area contributed by atoms with Gasteiger partial charge >= 0.3 is 6.18 Å². The number of nitrogens with zero attached hydrogens (tertiary/aromatic N) is 4. The average Bonchev–Trinajstić information content (AvgIpc) is 2.97. The molecule has 2 atom stereocenters. The van der Waals surface area contributed by atoms with Crippen LogP contribution in [0.3, 0.4) is 0 Å². The van der Waals surface area contributed by atoms with Gasteiger partial charge in [0.2, 0.25) is 0 Å². The van der Waals surface area contributed by atoms with Crippen molar-refractivity contribution in [1.29, 1.82) is 0 Å². The summed E-state index contributed by atoms with van der Waals surface area (Å²) in [6.07, 6.45) is 5.29. The number of nitrogens with one attached hydrogen (secondary N) is 1. The van der Waals surface area contributed by atoms with Crippen molar-refractivity contribution >= 4 is 16.7 Å². The Labute approximate surface area is 239 Å². The molecule has 0 amide bonds. The third-order valence-electron chi connectivity index (χ3n) is 8.78. The lowest BCUT2D eigenvalue weighted by molar-refractivity contribution is -0.137. The molecule has 0 radical (unpaired) electrons. The molecule has 41 heavy (non-hydrogen) atoms. The van der Waals surface area contributed by atoms with Gasteiger partial charge in [-0.25, -0.2) is 9.97 Å². The van der Waals surface area contributed by atoms with Crippen LogP contribution in [0.1, 0.15) is 61.0 Å². The minimum absolute atomic E-state index is 0.0859. The monoisotopic (exact) mass is 559 g/mol. The van der Waals surface area contributed by atoms with Gasteiger partial charge in [-0.3, -0.25) is 9.88 Å². The molecule has 2 aromatic heterocycles. The van der Waals surface area contributed by atoms with Gasteiger partial charge in [0.25, 0.3) is 0 Å². The number of aromatic nitrogens is 3. The van der Waals surface area contributed by atoms with E-state index in [-0.39, 0.29) is 5.69 Å². The van der Waals surface area contributed by atoms with Crippen LogP contribution >= 0.6 is 0 Å². The van der Waals surface area contributed by atoms with Crippen LogP contribution in [0.25, 0.3) is 22.2 Å². The molecule has 1 N–H and O–H groups in total. The van der Waals surface area contributed by atoms with E-state index in [1.165, 1.54) is 61.9 Å². The van der Waals surface area contributed by atoms with Gasteiger partial charge in [-0.15, -0.1) is 0 Å². The average molecular weight is 560 g/mol. The van der Waals surface area contributed by atoms with Gasteiger partial charge in [-0.05, 0) is 86.9 Å². The summed E-state index contributed by atoms with van der Waals surface area (Å²) < 4.78 is 41.4. The fourth-order valence-corrected chi connectivity index (χ4v) is 6.71. The number of pyridine rings is 1. The molecule has 6 rings (SSSR count). The molecular formula is C33H36F3N5. The van der Waals surface area contributed by atoms with Crippen LogP contribution < -0.4 is 5.32 Å². The molecule has 8 heteroatoms. The minimum Gasteiger partial charge on any atom is -0.369 e. The topological polar surface area (TPSA) is 53.9 Å². The Morgan fingerprint density at radius 3 is 2.63 bits per heavy atom. The molecule has 4 aromatic rings. The summed E-state index contributed by atoms with van der Waals surface area (Å²) in [5.74, 6) is 2.16. The zero-order valence-corrected chi connectivity index (χ0v) is 23.4. The number of hydrogen-bond acceptors (Lipinski definition) is 5. The van der Waals surface area contributed by atoms with Gasteiger partial charge in [0.15, 0.2) is 0 Å². The number of hydrogen-bond donors (Lipinski definition) is 1. The van der Waals surface area contributed by atoms with E-state index in [4.69, 9.17) is 9.97 Å². The molecule has 0 bridgehead atoms. The normalized spacial score (nSPS) is 19.7. The first-order valence-corrected chi connectivity index (χ1v) is 14.7. The Hall–Kier alpha value is -3.52. The summed E-state index contributed by atoms with van der Waals surface area (Å²) in [6.45, 7) is 4.47. The number of alkyl halides is 3. The lowest BCUT2D eigenvalue weighted by Gasteiger charge is -2.43. The van der Waals surface area contributed by atoms with Crippen molar-refractivity contribution in [2.45, 2.75) is 70.6 Å². The highest BCUT2D eigenvalue weighted by Crippen LogP contribution is 2.38. The quantitative estimate of drug-likeness (QED) is 0.250. The molecule has 1 aliphatic heterocycles. The lowest BCUT2D eigenvalue weighted by Crippen LogP contribution is -2.46. The van der Waals surface area contributed by atoms with Gasteiger partial charge in [0.1, 0.15) is 11.6 Å². The van der Waals surface area contributed by atoms with Crippen LogP contribution in [0.15, 0.2) is 60.8 Å².